The van der Waals surface area contributed by atoms with Crippen molar-refractivity contribution in [2.45, 2.75) is 33.9 Å². The number of aryl methyl sites for hydroxylation is 1. The van der Waals surface area contributed by atoms with Crippen molar-refractivity contribution in [3.05, 3.63) is 89.7 Å². The Morgan fingerprint density at radius 2 is 1.47 bits per heavy atom. The van der Waals surface area contributed by atoms with E-state index in [-0.39, 0.29) is 0 Å². The van der Waals surface area contributed by atoms with Gasteiger partial charge in [0.25, 0.3) is 0 Å². The number of anilines is 1. The van der Waals surface area contributed by atoms with E-state index in [4.69, 9.17) is 5.73 Å². The van der Waals surface area contributed by atoms with E-state index in [0.717, 1.165) is 41.2 Å². The molecule has 0 fully saturated rings. The van der Waals surface area contributed by atoms with Gasteiger partial charge in [-0.15, -0.1) is 0 Å². The minimum Gasteiger partial charge on any atom is -0.384 e. The van der Waals surface area contributed by atoms with E-state index < -0.39 is 0 Å². The maximum Gasteiger partial charge on any atom is 0.180 e. The van der Waals surface area contributed by atoms with Gasteiger partial charge in [-0.25, -0.2) is 9.97 Å². The fourth-order valence-corrected chi connectivity index (χ4v) is 4.78. The van der Waals surface area contributed by atoms with Gasteiger partial charge in [0.05, 0.1) is 5.52 Å². The average molecular weight is 477 g/mol. The van der Waals surface area contributed by atoms with Crippen LogP contribution in [0.3, 0.4) is 0 Å². The number of nitrogens with zero attached hydrogens (tertiary/aromatic N) is 3. The van der Waals surface area contributed by atoms with Crippen LogP contribution in [0, 0.1) is 6.92 Å². The highest BCUT2D eigenvalue weighted by molar-refractivity contribution is 5.95. The number of pyridine rings is 1. The summed E-state index contributed by atoms with van der Waals surface area (Å²) in [4.78, 5) is 18.0. The summed E-state index contributed by atoms with van der Waals surface area (Å²) >= 11 is 0. The molecule has 0 aliphatic heterocycles. The normalized spacial score (nSPS) is 11.4. The third kappa shape index (κ3) is 4.68. The second-order valence-electron chi connectivity index (χ2n) is 9.07. The molecule has 36 heavy (non-hydrogen) atoms. The first-order valence-corrected chi connectivity index (χ1v) is 12.4. The number of rotatable bonds is 5. The fraction of sp³-hybridized carbons (Fsp3) is 0.200. The van der Waals surface area contributed by atoms with Gasteiger partial charge in [0.2, 0.25) is 0 Å². The lowest BCUT2D eigenvalue weighted by Gasteiger charge is -2.17. The molecule has 6 rings (SSSR count). The Bertz CT molecular complexity index is 1660. The van der Waals surface area contributed by atoms with Gasteiger partial charge in [-0.05, 0) is 66.2 Å². The first kappa shape index (κ1) is 23.6. The van der Waals surface area contributed by atoms with Gasteiger partial charge in [-0.2, -0.15) is 0 Å². The van der Waals surface area contributed by atoms with Crippen molar-refractivity contribution < 1.29 is 0 Å². The van der Waals surface area contributed by atoms with Crippen molar-refractivity contribution in [3.63, 3.8) is 0 Å². The minimum absolute atomic E-state index is 0.462. The number of nitrogen functional groups attached to an aromatic ring is 1. The average Bonchev–Trinajstić information content (AvgIpc) is 3.46. The largest absolute Gasteiger partial charge is 0.384 e. The number of H-pyrrole nitrogens is 2. The summed E-state index contributed by atoms with van der Waals surface area (Å²) in [6.07, 6.45) is 0. The Kier molecular flexibility index (Phi) is 6.44. The summed E-state index contributed by atoms with van der Waals surface area (Å²) in [6.45, 7) is 7.69. The maximum atomic E-state index is 6.05. The smallest absolute Gasteiger partial charge is 0.180 e. The molecule has 0 unspecified atom stereocenters. The molecular formula is C30H32N6. The molecule has 4 N–H and O–H groups in total. The second kappa shape index (κ2) is 9.84. The van der Waals surface area contributed by atoms with Crippen LogP contribution in [0.25, 0.3) is 44.1 Å². The van der Waals surface area contributed by atoms with Crippen LogP contribution in [0.5, 0.6) is 0 Å². The molecule has 6 heteroatoms. The van der Waals surface area contributed by atoms with Gasteiger partial charge < -0.3 is 15.7 Å². The summed E-state index contributed by atoms with van der Waals surface area (Å²) < 4.78 is 0. The standard InChI is InChI=1S/C28H26N6.C2H6/c1-17-30-27-23(14-26(29)33-28(27)31-17)25-13-22-12-19(8-10-24(22)32-25)16-34(2)15-18-7-9-20-5-3-4-6-21(20)11-18;1-2/h3-14,32H,15-16H2,1-2H3,(H3,29,30,31,33);1-2H3. The van der Waals surface area contributed by atoms with Gasteiger partial charge in [-0.3, -0.25) is 4.90 Å². The molecule has 6 aromatic rings. The van der Waals surface area contributed by atoms with Crippen LogP contribution in [-0.4, -0.2) is 31.9 Å². The van der Waals surface area contributed by atoms with Crippen molar-refractivity contribution in [1.29, 1.82) is 0 Å². The number of nitrogens with two attached hydrogens (primary N) is 1. The molecule has 0 radical (unpaired) electrons. The van der Waals surface area contributed by atoms with Gasteiger partial charge >= 0.3 is 0 Å². The van der Waals surface area contributed by atoms with Crippen LogP contribution in [0.4, 0.5) is 5.82 Å². The highest BCUT2D eigenvalue weighted by Crippen LogP contribution is 2.31. The van der Waals surface area contributed by atoms with Crippen LogP contribution in [0.1, 0.15) is 30.8 Å². The highest BCUT2D eigenvalue weighted by atomic mass is 15.1. The fourth-order valence-electron chi connectivity index (χ4n) is 4.78. The maximum absolute atomic E-state index is 6.05. The quantitative estimate of drug-likeness (QED) is 0.255. The lowest BCUT2D eigenvalue weighted by molar-refractivity contribution is 0.319. The molecule has 0 atom stereocenters. The summed E-state index contributed by atoms with van der Waals surface area (Å²) in [7, 11) is 2.17. The molecule has 6 nitrogen and oxygen atoms in total. The number of hydrogen-bond donors (Lipinski definition) is 3. The molecule has 3 aromatic carbocycles. The molecule has 0 bridgehead atoms. The van der Waals surface area contributed by atoms with E-state index in [1.807, 2.05) is 26.8 Å². The van der Waals surface area contributed by atoms with E-state index >= 15 is 0 Å². The number of nitrogens with one attached hydrogen (secondary N) is 2. The minimum atomic E-state index is 0.462. The van der Waals surface area contributed by atoms with Gasteiger partial charge in [-0.1, -0.05) is 56.3 Å². The van der Waals surface area contributed by atoms with E-state index in [2.05, 4.69) is 98.6 Å². The molecule has 0 saturated carbocycles. The van der Waals surface area contributed by atoms with Crippen LogP contribution in [0.2, 0.25) is 0 Å². The lowest BCUT2D eigenvalue weighted by Crippen LogP contribution is -2.17. The Hall–Kier alpha value is -4.16. The number of benzene rings is 3. The third-order valence-corrected chi connectivity index (χ3v) is 6.29. The Morgan fingerprint density at radius 3 is 2.25 bits per heavy atom. The summed E-state index contributed by atoms with van der Waals surface area (Å²) in [5.74, 6) is 1.28. The number of fused-ring (bicyclic) bond motifs is 3. The third-order valence-electron chi connectivity index (χ3n) is 6.29. The number of hydrogen-bond acceptors (Lipinski definition) is 4. The molecule has 0 saturated heterocycles. The molecule has 182 valence electrons. The zero-order valence-corrected chi connectivity index (χ0v) is 21.3. The molecule has 0 amide bonds. The predicted octanol–water partition coefficient (Wildman–Crippen LogP) is 6.81. The molecule has 0 aliphatic carbocycles. The summed E-state index contributed by atoms with van der Waals surface area (Å²) in [5.41, 5.74) is 13.3. The van der Waals surface area contributed by atoms with Gasteiger partial charge in [0, 0.05) is 35.2 Å². The number of aromatic amines is 2. The van der Waals surface area contributed by atoms with E-state index in [9.17, 15) is 0 Å². The van der Waals surface area contributed by atoms with Crippen molar-refractivity contribution in [1.82, 2.24) is 24.8 Å². The van der Waals surface area contributed by atoms with E-state index in [1.54, 1.807) is 0 Å². The summed E-state index contributed by atoms with van der Waals surface area (Å²) in [6, 6.07) is 25.9. The lowest BCUT2D eigenvalue weighted by atomic mass is 10.1. The number of aromatic nitrogens is 4. The van der Waals surface area contributed by atoms with Crippen LogP contribution >= 0.6 is 0 Å². The number of imidazole rings is 1. The molecule has 0 spiro atoms. The van der Waals surface area contributed by atoms with E-state index in [1.165, 1.54) is 27.3 Å². The molecule has 0 aliphatic rings. The summed E-state index contributed by atoms with van der Waals surface area (Å²) in [5, 5.41) is 3.74. The molecular weight excluding hydrogens is 444 g/mol. The molecule has 3 aromatic heterocycles. The second-order valence-corrected chi connectivity index (χ2v) is 9.07. The monoisotopic (exact) mass is 476 g/mol. The zero-order valence-electron chi connectivity index (χ0n) is 21.3. The van der Waals surface area contributed by atoms with E-state index in [0.29, 0.717) is 11.5 Å². The SMILES string of the molecule is CC.Cc1nc2nc(N)cc(-c3cc4cc(CN(C)Cc5ccc6ccccc6c5)ccc4[nH]3)c2[nH]1. The highest BCUT2D eigenvalue weighted by Gasteiger charge is 2.13. The van der Waals surface area contributed by atoms with Crippen molar-refractivity contribution in [2.24, 2.45) is 0 Å². The zero-order chi connectivity index (χ0) is 25.2. The van der Waals surface area contributed by atoms with Crippen LogP contribution in [0.15, 0.2) is 72.8 Å². The van der Waals surface area contributed by atoms with Crippen LogP contribution < -0.4 is 5.73 Å². The first-order chi connectivity index (χ1) is 17.5. The Labute approximate surface area is 211 Å². The van der Waals surface area contributed by atoms with Crippen molar-refractivity contribution in [2.75, 3.05) is 12.8 Å². The Balaban J connectivity index is 0.00000130. The molecule has 3 heterocycles. The van der Waals surface area contributed by atoms with Crippen molar-refractivity contribution in [3.8, 4) is 11.3 Å². The van der Waals surface area contributed by atoms with Crippen molar-refractivity contribution >= 4 is 38.7 Å². The van der Waals surface area contributed by atoms with Gasteiger partial charge in [0.15, 0.2) is 5.65 Å². The Morgan fingerprint density at radius 1 is 0.778 bits per heavy atom. The predicted molar refractivity (Wildman–Crippen MR) is 151 cm³/mol. The van der Waals surface area contributed by atoms with Gasteiger partial charge in [0.1, 0.15) is 11.6 Å². The topological polar surface area (TPSA) is 86.6 Å². The van der Waals surface area contributed by atoms with Crippen LogP contribution in [-0.2, 0) is 13.1 Å². The first-order valence-electron chi connectivity index (χ1n) is 12.4.